The maximum Gasteiger partial charge on any atom is 0.300 e. The fourth-order valence-electron chi connectivity index (χ4n) is 3.41. The lowest BCUT2D eigenvalue weighted by Gasteiger charge is -2.25. The highest BCUT2D eigenvalue weighted by atomic mass is 35.5. The van der Waals surface area contributed by atoms with Crippen LogP contribution in [0.2, 0.25) is 10.0 Å². The van der Waals surface area contributed by atoms with Crippen LogP contribution in [-0.2, 0) is 9.59 Å². The Morgan fingerprint density at radius 1 is 0.793 bits per heavy atom. The van der Waals surface area contributed by atoms with Gasteiger partial charge in [0.05, 0.1) is 11.6 Å². The topological polar surface area (TPSA) is 57.6 Å². The average Bonchev–Trinajstić information content (AvgIpc) is 3.00. The number of anilines is 1. The van der Waals surface area contributed by atoms with E-state index in [0.717, 1.165) is 0 Å². The highest BCUT2D eigenvalue weighted by Gasteiger charge is 2.46. The van der Waals surface area contributed by atoms with E-state index in [1.165, 1.54) is 4.90 Å². The molecule has 0 bridgehead atoms. The van der Waals surface area contributed by atoms with Gasteiger partial charge in [0, 0.05) is 21.3 Å². The van der Waals surface area contributed by atoms with Crippen molar-refractivity contribution in [1.29, 1.82) is 0 Å². The molecular formula is C23H15Cl2NO3. The molecule has 3 aromatic carbocycles. The molecule has 3 aromatic rings. The third-order valence-electron chi connectivity index (χ3n) is 4.78. The summed E-state index contributed by atoms with van der Waals surface area (Å²) in [5.41, 5.74) is 1.64. The van der Waals surface area contributed by atoms with Crippen LogP contribution in [0.5, 0.6) is 0 Å². The molecule has 0 radical (unpaired) electrons. The highest BCUT2D eigenvalue weighted by Crippen LogP contribution is 2.42. The Kier molecular flexibility index (Phi) is 5.14. The molecule has 1 fully saturated rings. The van der Waals surface area contributed by atoms with Crippen molar-refractivity contribution < 1.29 is 14.7 Å². The lowest BCUT2D eigenvalue weighted by molar-refractivity contribution is -0.132. The summed E-state index contributed by atoms with van der Waals surface area (Å²) in [5, 5.41) is 12.0. The standard InChI is InChI=1S/C23H15Cl2NO3/c24-16-8-6-14(7-9-16)20-19(21(27)15-4-2-1-3-5-15)22(28)23(29)26(20)18-12-10-17(25)11-13-18/h1-13,20,27H/t20-/m0/s1. The molecule has 0 saturated carbocycles. The molecule has 1 aliphatic heterocycles. The molecule has 1 aliphatic rings. The molecule has 6 heteroatoms. The first-order chi connectivity index (χ1) is 14.0. The normalized spacial score (nSPS) is 18.3. The number of benzene rings is 3. The van der Waals surface area contributed by atoms with Gasteiger partial charge in [0.1, 0.15) is 5.76 Å². The first kappa shape index (κ1) is 19.2. The summed E-state index contributed by atoms with van der Waals surface area (Å²) in [4.78, 5) is 27.3. The number of ketones is 1. The molecule has 144 valence electrons. The van der Waals surface area contributed by atoms with Crippen LogP contribution >= 0.6 is 23.2 Å². The minimum Gasteiger partial charge on any atom is -0.507 e. The van der Waals surface area contributed by atoms with E-state index in [4.69, 9.17) is 23.2 Å². The summed E-state index contributed by atoms with van der Waals surface area (Å²) in [6.07, 6.45) is 0. The lowest BCUT2D eigenvalue weighted by atomic mass is 9.95. The molecule has 0 aliphatic carbocycles. The van der Waals surface area contributed by atoms with E-state index in [0.29, 0.717) is 26.9 Å². The summed E-state index contributed by atoms with van der Waals surface area (Å²) < 4.78 is 0. The fraction of sp³-hybridized carbons (Fsp3) is 0.0435. The van der Waals surface area contributed by atoms with Gasteiger partial charge in [-0.05, 0) is 42.0 Å². The summed E-state index contributed by atoms with van der Waals surface area (Å²) >= 11 is 12.0. The fourth-order valence-corrected chi connectivity index (χ4v) is 3.66. The Morgan fingerprint density at radius 3 is 1.93 bits per heavy atom. The Hall–Kier alpha value is -3.08. The van der Waals surface area contributed by atoms with Gasteiger partial charge in [0.2, 0.25) is 0 Å². The predicted octanol–water partition coefficient (Wildman–Crippen LogP) is 5.62. The van der Waals surface area contributed by atoms with Crippen LogP contribution in [0.4, 0.5) is 5.69 Å². The molecule has 4 rings (SSSR count). The highest BCUT2D eigenvalue weighted by molar-refractivity contribution is 6.51. The van der Waals surface area contributed by atoms with Crippen molar-refractivity contribution in [2.45, 2.75) is 6.04 Å². The van der Waals surface area contributed by atoms with E-state index in [-0.39, 0.29) is 11.3 Å². The summed E-state index contributed by atoms with van der Waals surface area (Å²) in [7, 11) is 0. The Bertz CT molecular complexity index is 1110. The van der Waals surface area contributed by atoms with Crippen molar-refractivity contribution in [3.05, 3.63) is 106 Å². The van der Waals surface area contributed by atoms with Crippen molar-refractivity contribution in [3.63, 3.8) is 0 Å². The van der Waals surface area contributed by atoms with Gasteiger partial charge in [-0.1, -0.05) is 65.7 Å². The lowest BCUT2D eigenvalue weighted by Crippen LogP contribution is -2.29. The van der Waals surface area contributed by atoms with Crippen LogP contribution in [0, 0.1) is 0 Å². The number of amides is 1. The number of Topliss-reactive ketones (excluding diaryl/α,β-unsaturated/α-hetero) is 1. The second-order valence-corrected chi connectivity index (χ2v) is 7.44. The third kappa shape index (κ3) is 3.53. The Balaban J connectivity index is 1.94. The summed E-state index contributed by atoms with van der Waals surface area (Å²) in [6, 6.07) is 21.3. The van der Waals surface area contributed by atoms with Crippen LogP contribution in [0.25, 0.3) is 5.76 Å². The zero-order valence-corrected chi connectivity index (χ0v) is 16.6. The van der Waals surface area contributed by atoms with Gasteiger partial charge < -0.3 is 5.11 Å². The number of hydrogen-bond donors (Lipinski definition) is 1. The maximum absolute atomic E-state index is 13.0. The van der Waals surface area contributed by atoms with Gasteiger partial charge in [0.25, 0.3) is 11.7 Å². The van der Waals surface area contributed by atoms with Gasteiger partial charge in [-0.25, -0.2) is 0 Å². The Morgan fingerprint density at radius 2 is 1.34 bits per heavy atom. The number of hydrogen-bond acceptors (Lipinski definition) is 3. The van der Waals surface area contributed by atoms with Gasteiger partial charge in [0.15, 0.2) is 0 Å². The van der Waals surface area contributed by atoms with Crippen LogP contribution in [0.3, 0.4) is 0 Å². The van der Waals surface area contributed by atoms with Gasteiger partial charge in [-0.2, -0.15) is 0 Å². The second-order valence-electron chi connectivity index (χ2n) is 6.56. The minimum atomic E-state index is -0.798. The monoisotopic (exact) mass is 423 g/mol. The van der Waals surface area contributed by atoms with Crippen LogP contribution < -0.4 is 4.90 Å². The van der Waals surface area contributed by atoms with E-state index in [1.54, 1.807) is 78.9 Å². The zero-order chi connectivity index (χ0) is 20.5. The van der Waals surface area contributed by atoms with E-state index in [1.807, 2.05) is 0 Å². The number of aliphatic hydroxyl groups excluding tert-OH is 1. The number of rotatable bonds is 3. The van der Waals surface area contributed by atoms with Crippen LogP contribution in [0.1, 0.15) is 17.2 Å². The largest absolute Gasteiger partial charge is 0.507 e. The predicted molar refractivity (Wildman–Crippen MR) is 114 cm³/mol. The molecular weight excluding hydrogens is 409 g/mol. The zero-order valence-electron chi connectivity index (χ0n) is 15.0. The number of nitrogens with zero attached hydrogens (tertiary/aromatic N) is 1. The third-order valence-corrected chi connectivity index (χ3v) is 5.29. The molecule has 4 nitrogen and oxygen atoms in total. The van der Waals surface area contributed by atoms with Gasteiger partial charge >= 0.3 is 0 Å². The molecule has 0 spiro atoms. The smallest absolute Gasteiger partial charge is 0.300 e. The van der Waals surface area contributed by atoms with E-state index in [2.05, 4.69) is 0 Å². The van der Waals surface area contributed by atoms with E-state index >= 15 is 0 Å². The minimum absolute atomic E-state index is 0.0264. The number of aliphatic hydroxyl groups is 1. The Labute approximate surface area is 177 Å². The molecule has 1 heterocycles. The van der Waals surface area contributed by atoms with E-state index < -0.39 is 17.7 Å². The van der Waals surface area contributed by atoms with Gasteiger partial charge in [-0.3, -0.25) is 14.5 Å². The first-order valence-electron chi connectivity index (χ1n) is 8.85. The average molecular weight is 424 g/mol. The second kappa shape index (κ2) is 7.74. The molecule has 1 saturated heterocycles. The van der Waals surface area contributed by atoms with Crippen molar-refractivity contribution in [1.82, 2.24) is 0 Å². The summed E-state index contributed by atoms with van der Waals surface area (Å²) in [5.74, 6) is -1.69. The molecule has 1 amide bonds. The molecule has 0 unspecified atom stereocenters. The maximum atomic E-state index is 13.0. The number of carbonyl (C=O) groups excluding carboxylic acids is 2. The van der Waals surface area contributed by atoms with Crippen molar-refractivity contribution in [2.24, 2.45) is 0 Å². The SMILES string of the molecule is O=C1C(=O)N(c2ccc(Cl)cc2)[C@@H](c2ccc(Cl)cc2)C1=C(O)c1ccccc1. The summed E-state index contributed by atoms with van der Waals surface area (Å²) in [6.45, 7) is 0. The first-order valence-corrected chi connectivity index (χ1v) is 9.60. The van der Waals surface area contributed by atoms with Crippen molar-refractivity contribution in [2.75, 3.05) is 4.90 Å². The van der Waals surface area contributed by atoms with Crippen molar-refractivity contribution in [3.8, 4) is 0 Å². The molecule has 0 aromatic heterocycles. The van der Waals surface area contributed by atoms with Gasteiger partial charge in [-0.15, -0.1) is 0 Å². The quantitative estimate of drug-likeness (QED) is 0.337. The van der Waals surface area contributed by atoms with Crippen LogP contribution in [0.15, 0.2) is 84.4 Å². The molecule has 29 heavy (non-hydrogen) atoms. The van der Waals surface area contributed by atoms with Crippen LogP contribution in [-0.4, -0.2) is 16.8 Å². The van der Waals surface area contributed by atoms with E-state index in [9.17, 15) is 14.7 Å². The number of carbonyl (C=O) groups is 2. The number of halogens is 2. The molecule has 1 N–H and O–H groups in total. The molecule has 1 atom stereocenters. The van der Waals surface area contributed by atoms with Crippen molar-refractivity contribution >= 4 is 46.3 Å².